The molecule has 216 valence electrons. The zero-order valence-corrected chi connectivity index (χ0v) is 23.0. The number of thiophene rings is 1. The third-order valence-corrected chi connectivity index (χ3v) is 5.62. The van der Waals surface area contributed by atoms with E-state index in [0.717, 1.165) is 15.8 Å². The molecule has 0 fully saturated rings. The topological polar surface area (TPSA) is 254 Å². The van der Waals surface area contributed by atoms with E-state index in [2.05, 4.69) is 9.98 Å². The normalized spacial score (nSPS) is 11.4. The molecule has 0 aliphatic heterocycles. The second-order valence-corrected chi connectivity index (χ2v) is 9.62. The summed E-state index contributed by atoms with van der Waals surface area (Å²) in [6.45, 7) is 6.17. The van der Waals surface area contributed by atoms with Crippen LogP contribution in [0.5, 0.6) is 0 Å². The van der Waals surface area contributed by atoms with Crippen LogP contribution in [-0.2, 0) is 9.59 Å². The van der Waals surface area contributed by atoms with Crippen LogP contribution in [0, 0.1) is 12.8 Å². The van der Waals surface area contributed by atoms with E-state index in [1.807, 2.05) is 45.0 Å². The fraction of sp³-hybridized carbons (Fsp3) is 0.400. The van der Waals surface area contributed by atoms with Crippen molar-refractivity contribution in [3.8, 4) is 0 Å². The molecule has 39 heavy (non-hydrogen) atoms. The van der Waals surface area contributed by atoms with Crippen molar-refractivity contribution < 1.29 is 34.1 Å². The first-order valence-electron chi connectivity index (χ1n) is 11.8. The van der Waals surface area contributed by atoms with Gasteiger partial charge in [-0.3, -0.25) is 14.6 Å². The Balaban J connectivity index is 0.000000508. The van der Waals surface area contributed by atoms with Crippen molar-refractivity contribution >= 4 is 45.3 Å². The van der Waals surface area contributed by atoms with Gasteiger partial charge >= 0.3 is 17.9 Å². The number of nitrogens with two attached hydrogens (primary N) is 4. The third kappa shape index (κ3) is 17.2. The molecule has 0 spiro atoms. The number of carboxylic acids is 3. The Bertz CT molecular complexity index is 1130. The minimum atomic E-state index is -1.00. The fourth-order valence-corrected chi connectivity index (χ4v) is 3.52. The van der Waals surface area contributed by atoms with Crippen LogP contribution in [-0.4, -0.2) is 62.8 Å². The molecule has 3 aromatic rings. The summed E-state index contributed by atoms with van der Waals surface area (Å²) in [4.78, 5) is 38.6. The van der Waals surface area contributed by atoms with Crippen LogP contribution in [0.3, 0.4) is 0 Å². The number of fused-ring (bicyclic) bond motifs is 1. The van der Waals surface area contributed by atoms with Gasteiger partial charge < -0.3 is 42.7 Å². The van der Waals surface area contributed by atoms with Gasteiger partial charge in [0, 0.05) is 11.2 Å². The first-order chi connectivity index (χ1) is 18.2. The van der Waals surface area contributed by atoms with Crippen molar-refractivity contribution in [2.75, 3.05) is 6.54 Å². The monoisotopic (exact) mass is 566 g/mol. The van der Waals surface area contributed by atoms with E-state index >= 15 is 0 Å². The first kappa shape index (κ1) is 35.0. The minimum absolute atomic E-state index is 0.0129. The largest absolute Gasteiger partial charge is 0.480 e. The highest BCUT2D eigenvalue weighted by molar-refractivity contribution is 7.20. The van der Waals surface area contributed by atoms with Crippen LogP contribution in [0.2, 0.25) is 0 Å². The van der Waals surface area contributed by atoms with Crippen molar-refractivity contribution in [2.45, 2.75) is 52.1 Å². The zero-order chi connectivity index (χ0) is 30.0. The number of aromatic carboxylic acids is 1. The molecule has 0 amide bonds. The van der Waals surface area contributed by atoms with Gasteiger partial charge in [0.15, 0.2) is 12.4 Å². The number of carbonyl (C=O) groups is 3. The van der Waals surface area contributed by atoms with Crippen LogP contribution >= 0.6 is 11.3 Å². The smallest absolute Gasteiger partial charge is 0.345 e. The highest BCUT2D eigenvalue weighted by Crippen LogP contribution is 2.24. The Morgan fingerprint density at radius 2 is 1.67 bits per heavy atom. The van der Waals surface area contributed by atoms with Crippen molar-refractivity contribution in [3.05, 3.63) is 53.6 Å². The van der Waals surface area contributed by atoms with E-state index in [-0.39, 0.29) is 5.96 Å². The molecule has 0 bridgehead atoms. The molecule has 2 aromatic heterocycles. The van der Waals surface area contributed by atoms with Gasteiger partial charge in [0.2, 0.25) is 0 Å². The number of benzene rings is 1. The van der Waals surface area contributed by atoms with Crippen LogP contribution < -0.4 is 22.9 Å². The highest BCUT2D eigenvalue weighted by atomic mass is 32.1. The average molecular weight is 567 g/mol. The third-order valence-electron chi connectivity index (χ3n) is 4.52. The van der Waals surface area contributed by atoms with E-state index in [1.54, 1.807) is 12.3 Å². The maximum Gasteiger partial charge on any atom is 0.345 e. The van der Waals surface area contributed by atoms with Gasteiger partial charge in [-0.25, -0.2) is 9.78 Å². The Morgan fingerprint density at radius 1 is 1.05 bits per heavy atom. The number of oxazole rings is 1. The molecule has 0 radical (unpaired) electrons. The number of nitrogens with zero attached hydrogens (tertiary/aromatic N) is 2. The lowest BCUT2D eigenvalue weighted by Gasteiger charge is -2.07. The number of aromatic nitrogens is 1. The molecule has 2 heterocycles. The van der Waals surface area contributed by atoms with E-state index in [1.165, 1.54) is 17.7 Å². The highest BCUT2D eigenvalue weighted by Gasteiger charge is 2.12. The molecule has 3 rings (SSSR count). The number of aliphatic imine (C=N–C) groups is 1. The number of guanidine groups is 1. The number of aliphatic carboxylic acids is 2. The standard InChI is InChI=1S/C9H6O2S.C6H14N4O2.C6H13NO2.C4H5NO/c10-9(11)8-5-6-3-1-2-4-7(6)12-8;7-4(5(11)12)2-1-3-10-6(8)9;1-4(2)3-5(7)6(8)9;1-4-2-5-3-6-4/h1-5H,(H,10,11);4H,1-3,7H2,(H,11,12)(H4,8,9,10);4-5H,3,7H2,1-2H3,(H,8,9);2-3H,1H3/t;4-;5-;/m.00./s1. The lowest BCUT2D eigenvalue weighted by molar-refractivity contribution is -0.139. The van der Waals surface area contributed by atoms with Crippen molar-refractivity contribution in [1.29, 1.82) is 0 Å². The summed E-state index contributed by atoms with van der Waals surface area (Å²) in [6, 6.07) is 7.84. The molecule has 0 saturated carbocycles. The predicted molar refractivity (Wildman–Crippen MR) is 151 cm³/mol. The lowest BCUT2D eigenvalue weighted by atomic mass is 10.1. The molecule has 2 atom stereocenters. The summed E-state index contributed by atoms with van der Waals surface area (Å²) in [5.74, 6) is -1.54. The first-order valence-corrected chi connectivity index (χ1v) is 12.6. The van der Waals surface area contributed by atoms with Gasteiger partial charge in [-0.15, -0.1) is 11.3 Å². The molecule has 0 unspecified atom stereocenters. The molecule has 0 saturated heterocycles. The Kier molecular flexibility index (Phi) is 17.2. The molecule has 1 aromatic carbocycles. The van der Waals surface area contributed by atoms with Crippen molar-refractivity contribution in [2.24, 2.45) is 33.8 Å². The summed E-state index contributed by atoms with van der Waals surface area (Å²) in [5.41, 5.74) is 20.5. The predicted octanol–water partition coefficient (Wildman–Crippen LogP) is 2.48. The van der Waals surface area contributed by atoms with Gasteiger partial charge in [-0.05, 0) is 49.6 Å². The molecule has 11 N–H and O–H groups in total. The second-order valence-electron chi connectivity index (χ2n) is 8.53. The maximum atomic E-state index is 10.6. The van der Waals surface area contributed by atoms with Gasteiger partial charge in [0.1, 0.15) is 22.7 Å². The van der Waals surface area contributed by atoms with E-state index in [0.29, 0.717) is 36.6 Å². The quantitative estimate of drug-likeness (QED) is 0.112. The van der Waals surface area contributed by atoms with Gasteiger partial charge in [0.05, 0.1) is 6.20 Å². The molecule has 0 aliphatic carbocycles. The van der Waals surface area contributed by atoms with Crippen LogP contribution in [0.25, 0.3) is 10.1 Å². The van der Waals surface area contributed by atoms with E-state index in [9.17, 15) is 14.4 Å². The summed E-state index contributed by atoms with van der Waals surface area (Å²) in [7, 11) is 0. The number of aryl methyl sites for hydroxylation is 1. The zero-order valence-electron chi connectivity index (χ0n) is 22.2. The Labute approximate surface area is 230 Å². The van der Waals surface area contributed by atoms with Crippen LogP contribution in [0.1, 0.15) is 48.5 Å². The molecule has 14 heteroatoms. The average Bonchev–Trinajstić information content (AvgIpc) is 3.51. The minimum Gasteiger partial charge on any atom is -0.480 e. The number of rotatable bonds is 9. The second kappa shape index (κ2) is 19.1. The van der Waals surface area contributed by atoms with Crippen molar-refractivity contribution in [3.63, 3.8) is 0 Å². The summed E-state index contributed by atoms with van der Waals surface area (Å²) >= 11 is 1.31. The Hall–Kier alpha value is -4.01. The van der Waals surface area contributed by atoms with Gasteiger partial charge in [0.25, 0.3) is 0 Å². The number of hydrogen-bond donors (Lipinski definition) is 7. The number of hydrogen-bond acceptors (Lipinski definition) is 9. The molecule has 13 nitrogen and oxygen atoms in total. The van der Waals surface area contributed by atoms with Gasteiger partial charge in [-0.1, -0.05) is 32.0 Å². The van der Waals surface area contributed by atoms with E-state index in [4.69, 9.17) is 42.7 Å². The number of carboxylic acid groups (broad SMARTS) is 3. The summed E-state index contributed by atoms with van der Waals surface area (Å²) < 4.78 is 5.75. The van der Waals surface area contributed by atoms with Gasteiger partial charge in [-0.2, -0.15) is 0 Å². The summed E-state index contributed by atoms with van der Waals surface area (Å²) in [5, 5.41) is 26.4. The molecule has 0 aliphatic rings. The SMILES string of the molecule is CC(C)C[C@H](N)C(=O)O.Cc1cnco1.NC(N)=NCCC[C@H](N)C(=O)O.O=C(O)c1cc2ccccc2s1. The Morgan fingerprint density at radius 3 is 2.05 bits per heavy atom. The maximum absolute atomic E-state index is 10.6. The fourth-order valence-electron chi connectivity index (χ4n) is 2.62. The molecular formula is C25H38N6O7S. The van der Waals surface area contributed by atoms with Crippen LogP contribution in [0.15, 0.2) is 52.3 Å². The van der Waals surface area contributed by atoms with E-state index < -0.39 is 30.0 Å². The van der Waals surface area contributed by atoms with Crippen LogP contribution in [0.4, 0.5) is 0 Å². The molecular weight excluding hydrogens is 528 g/mol. The summed E-state index contributed by atoms with van der Waals surface area (Å²) in [6.07, 6.45) is 4.59. The lowest BCUT2D eigenvalue weighted by Crippen LogP contribution is -2.31. The van der Waals surface area contributed by atoms with Crippen molar-refractivity contribution in [1.82, 2.24) is 4.98 Å².